The second kappa shape index (κ2) is 9.14. The first-order valence-electron chi connectivity index (χ1n) is 10.4. The molecule has 1 amide bonds. The molecule has 0 spiro atoms. The van der Waals surface area contributed by atoms with E-state index < -0.39 is 45.7 Å². The maximum Gasteiger partial charge on any atom is 0.234 e. The smallest absolute Gasteiger partial charge is 0.234 e. The van der Waals surface area contributed by atoms with Gasteiger partial charge in [0.25, 0.3) is 0 Å². The van der Waals surface area contributed by atoms with Crippen molar-refractivity contribution >= 4 is 37.4 Å². The number of rotatable bonds is 4. The zero-order chi connectivity index (χ0) is 24.8. The molecule has 2 aromatic carbocycles. The van der Waals surface area contributed by atoms with Crippen molar-refractivity contribution in [1.29, 1.82) is 0 Å². The van der Waals surface area contributed by atoms with E-state index in [1.54, 1.807) is 6.92 Å². The normalized spacial score (nSPS) is 16.4. The first kappa shape index (κ1) is 24.4. The minimum Gasteiger partial charge on any atom is -0.307 e. The van der Waals surface area contributed by atoms with Crippen LogP contribution in [0, 0.1) is 24.4 Å². The number of carbonyl (C=O) groups excluding carboxylic acids is 1. The van der Waals surface area contributed by atoms with Gasteiger partial charge in [0, 0.05) is 28.1 Å². The molecule has 1 aliphatic heterocycles. The van der Waals surface area contributed by atoms with Gasteiger partial charge in [0.1, 0.15) is 17.5 Å². The molecule has 1 atom stereocenters. The fourth-order valence-electron chi connectivity index (χ4n) is 4.21. The lowest BCUT2D eigenvalue weighted by molar-refractivity contribution is -0.120. The molecule has 5 nitrogen and oxygen atoms in total. The van der Waals surface area contributed by atoms with Crippen LogP contribution in [0.2, 0.25) is 0 Å². The van der Waals surface area contributed by atoms with Gasteiger partial charge in [-0.1, -0.05) is 22.0 Å². The van der Waals surface area contributed by atoms with Crippen molar-refractivity contribution in [2.75, 3.05) is 11.2 Å². The monoisotopic (exact) mass is 552 g/mol. The number of fused-ring (bicyclic) bond motifs is 1. The van der Waals surface area contributed by atoms with Crippen molar-refractivity contribution in [3.63, 3.8) is 0 Å². The highest BCUT2D eigenvalue weighted by molar-refractivity contribution is 9.10. The largest absolute Gasteiger partial charge is 0.307 e. The van der Waals surface area contributed by atoms with Crippen LogP contribution in [-0.4, -0.2) is 25.6 Å². The number of nitrogens with zero attached hydrogens (tertiary/aromatic N) is 2. The van der Waals surface area contributed by atoms with E-state index in [-0.39, 0.29) is 44.7 Å². The van der Waals surface area contributed by atoms with Crippen LogP contribution in [0.15, 0.2) is 52.0 Å². The Morgan fingerprint density at radius 3 is 2.44 bits per heavy atom. The maximum atomic E-state index is 14.7. The third-order valence-electron chi connectivity index (χ3n) is 5.92. The number of halogens is 4. The molecule has 2 heterocycles. The molecule has 34 heavy (non-hydrogen) atoms. The molecular formula is C24H20BrF3N2O3S. The summed E-state index contributed by atoms with van der Waals surface area (Å²) in [6, 6.07) is 7.80. The van der Waals surface area contributed by atoms with Crippen LogP contribution in [0.1, 0.15) is 34.7 Å². The highest BCUT2D eigenvalue weighted by atomic mass is 79.9. The van der Waals surface area contributed by atoms with E-state index in [1.165, 1.54) is 30.5 Å². The summed E-state index contributed by atoms with van der Waals surface area (Å²) in [5, 5.41) is 0. The van der Waals surface area contributed by atoms with E-state index in [0.29, 0.717) is 5.56 Å². The summed E-state index contributed by atoms with van der Waals surface area (Å²) in [5.74, 6) is -3.66. The van der Waals surface area contributed by atoms with Gasteiger partial charge in [-0.25, -0.2) is 21.6 Å². The van der Waals surface area contributed by atoms with Crippen LogP contribution in [0.25, 0.3) is 0 Å². The Balaban J connectivity index is 1.84. The number of aromatic nitrogens is 1. The Morgan fingerprint density at radius 2 is 1.79 bits per heavy atom. The van der Waals surface area contributed by atoms with Gasteiger partial charge in [0.15, 0.2) is 9.84 Å². The quantitative estimate of drug-likeness (QED) is 0.444. The minimum absolute atomic E-state index is 0.0118. The summed E-state index contributed by atoms with van der Waals surface area (Å²) in [6.07, 6.45) is 2.80. The average Bonchev–Trinajstić information content (AvgIpc) is 2.88. The number of benzene rings is 2. The Morgan fingerprint density at radius 1 is 1.12 bits per heavy atom. The van der Waals surface area contributed by atoms with Gasteiger partial charge in [0.2, 0.25) is 5.91 Å². The number of pyridine rings is 1. The van der Waals surface area contributed by atoms with Gasteiger partial charge >= 0.3 is 0 Å². The number of aryl methyl sites for hydroxylation is 1. The topological polar surface area (TPSA) is 67.3 Å². The number of hydrogen-bond donors (Lipinski definition) is 0. The SMILES string of the molecule is Cc1ncc([C@H]2CCc3c(F)cccc3N(Cc3c(F)cc(Br)cc3F)C2=O)cc1S(C)(=O)=O. The van der Waals surface area contributed by atoms with Crippen molar-refractivity contribution < 1.29 is 26.4 Å². The molecule has 178 valence electrons. The standard InChI is InChI=1S/C24H20BrF3N2O3S/c1-13-23(34(2,32)33)8-14(11-29-13)16-6-7-17-19(26)4-3-5-22(17)30(24(16)31)12-18-20(27)9-15(25)10-21(18)28/h3-5,8-11,16H,6-7,12H2,1-2H3/t16-/m1/s1. The molecule has 0 unspecified atom stereocenters. The number of carbonyl (C=O) groups is 1. The van der Waals surface area contributed by atoms with Gasteiger partial charge in [-0.05, 0) is 55.7 Å². The minimum atomic E-state index is -3.61. The number of anilines is 1. The summed E-state index contributed by atoms with van der Waals surface area (Å²) in [5.41, 5.74) is 0.757. The molecule has 0 saturated carbocycles. The maximum absolute atomic E-state index is 14.7. The van der Waals surface area contributed by atoms with Crippen molar-refractivity contribution in [3.8, 4) is 0 Å². The van der Waals surface area contributed by atoms with Crippen molar-refractivity contribution in [1.82, 2.24) is 4.98 Å². The Kier molecular flexibility index (Phi) is 6.56. The van der Waals surface area contributed by atoms with Crippen molar-refractivity contribution in [2.24, 2.45) is 0 Å². The van der Waals surface area contributed by atoms with Crippen LogP contribution in [0.4, 0.5) is 18.9 Å². The fourth-order valence-corrected chi connectivity index (χ4v) is 5.56. The molecule has 0 fully saturated rings. The van der Waals surface area contributed by atoms with Crippen LogP contribution in [0.3, 0.4) is 0 Å². The Bertz CT molecular complexity index is 1390. The summed E-state index contributed by atoms with van der Waals surface area (Å²) in [4.78, 5) is 19.0. The lowest BCUT2D eigenvalue weighted by atomic mass is 9.93. The molecule has 10 heteroatoms. The molecule has 1 aromatic heterocycles. The molecule has 0 bridgehead atoms. The molecule has 0 radical (unpaired) electrons. The Hall–Kier alpha value is -2.72. The van der Waals surface area contributed by atoms with E-state index in [9.17, 15) is 26.4 Å². The lowest BCUT2D eigenvalue weighted by Gasteiger charge is -2.27. The first-order valence-corrected chi connectivity index (χ1v) is 13.0. The molecule has 4 rings (SSSR count). The number of hydrogen-bond acceptors (Lipinski definition) is 4. The molecule has 0 N–H and O–H groups in total. The van der Waals surface area contributed by atoms with Crippen LogP contribution in [-0.2, 0) is 27.6 Å². The zero-order valence-electron chi connectivity index (χ0n) is 18.3. The van der Waals surface area contributed by atoms with Gasteiger partial charge in [-0.2, -0.15) is 0 Å². The van der Waals surface area contributed by atoms with Crippen LogP contribution in [0.5, 0.6) is 0 Å². The second-order valence-electron chi connectivity index (χ2n) is 8.23. The van der Waals surface area contributed by atoms with Crippen LogP contribution < -0.4 is 4.90 Å². The van der Waals surface area contributed by atoms with E-state index in [4.69, 9.17) is 0 Å². The number of sulfone groups is 1. The Labute approximate surface area is 203 Å². The molecule has 3 aromatic rings. The van der Waals surface area contributed by atoms with E-state index >= 15 is 0 Å². The molecule has 0 aliphatic carbocycles. The predicted octanol–water partition coefficient (Wildman–Crippen LogP) is 5.24. The van der Waals surface area contributed by atoms with E-state index in [1.807, 2.05) is 0 Å². The third-order valence-corrected chi connectivity index (χ3v) is 7.59. The lowest BCUT2D eigenvalue weighted by Crippen LogP contribution is -2.35. The van der Waals surface area contributed by atoms with Gasteiger partial charge in [-0.15, -0.1) is 0 Å². The van der Waals surface area contributed by atoms with E-state index in [0.717, 1.165) is 23.3 Å². The van der Waals surface area contributed by atoms with Crippen molar-refractivity contribution in [2.45, 2.75) is 37.1 Å². The molecule has 0 saturated heterocycles. The summed E-state index contributed by atoms with van der Waals surface area (Å²) < 4.78 is 68.6. The summed E-state index contributed by atoms with van der Waals surface area (Å²) in [7, 11) is -3.61. The predicted molar refractivity (Wildman–Crippen MR) is 125 cm³/mol. The average molecular weight is 553 g/mol. The first-order chi connectivity index (χ1) is 16.0. The molecule has 1 aliphatic rings. The summed E-state index contributed by atoms with van der Waals surface area (Å²) in [6.45, 7) is 1.08. The van der Waals surface area contributed by atoms with Crippen LogP contribution >= 0.6 is 15.9 Å². The summed E-state index contributed by atoms with van der Waals surface area (Å²) >= 11 is 3.03. The zero-order valence-corrected chi connectivity index (χ0v) is 20.7. The molecular weight excluding hydrogens is 533 g/mol. The van der Waals surface area contributed by atoms with Gasteiger partial charge in [0.05, 0.1) is 28.7 Å². The van der Waals surface area contributed by atoms with E-state index in [2.05, 4.69) is 20.9 Å². The van der Waals surface area contributed by atoms with Gasteiger partial charge < -0.3 is 4.90 Å². The highest BCUT2D eigenvalue weighted by Crippen LogP contribution is 2.37. The number of amides is 1. The fraction of sp³-hybridized carbons (Fsp3) is 0.250. The van der Waals surface area contributed by atoms with Gasteiger partial charge in [-0.3, -0.25) is 9.78 Å². The highest BCUT2D eigenvalue weighted by Gasteiger charge is 2.34. The second-order valence-corrected chi connectivity index (χ2v) is 11.1. The third kappa shape index (κ3) is 4.61. The van der Waals surface area contributed by atoms with Crippen molar-refractivity contribution in [3.05, 3.63) is 86.9 Å².